The number of nitrogens with one attached hydrogen (secondary N) is 1. The van der Waals surface area contributed by atoms with Gasteiger partial charge < -0.3 is 14.8 Å². The number of aryl methyl sites for hydroxylation is 2. The van der Waals surface area contributed by atoms with Crippen molar-refractivity contribution in [1.29, 1.82) is 0 Å². The maximum atomic E-state index is 12.9. The van der Waals surface area contributed by atoms with Gasteiger partial charge in [0.25, 0.3) is 0 Å². The first-order valence-electron chi connectivity index (χ1n) is 11.2. The zero-order chi connectivity index (χ0) is 23.4. The quantitative estimate of drug-likeness (QED) is 0.511. The van der Waals surface area contributed by atoms with Gasteiger partial charge >= 0.3 is 0 Å². The summed E-state index contributed by atoms with van der Waals surface area (Å²) in [5.41, 5.74) is 3.16. The number of hydrogen-bond acceptors (Lipinski definition) is 6. The second-order valence-electron chi connectivity index (χ2n) is 8.49. The molecular weight excluding hydrogens is 436 g/mol. The molecule has 1 amide bonds. The molecule has 2 heterocycles. The minimum atomic E-state index is -0.133. The predicted molar refractivity (Wildman–Crippen MR) is 129 cm³/mol. The number of carbonyl (C=O) groups excluding carboxylic acids is 1. The lowest BCUT2D eigenvalue weighted by Crippen LogP contribution is -2.33. The van der Waals surface area contributed by atoms with Gasteiger partial charge in [-0.3, -0.25) is 9.36 Å². The molecule has 0 saturated heterocycles. The van der Waals surface area contributed by atoms with Crippen molar-refractivity contribution in [3.63, 3.8) is 0 Å². The van der Waals surface area contributed by atoms with Crippen molar-refractivity contribution >= 4 is 17.7 Å². The maximum Gasteiger partial charge on any atom is 0.230 e. The Balaban J connectivity index is 1.46. The summed E-state index contributed by atoms with van der Waals surface area (Å²) in [6.07, 6.45) is 0.859. The van der Waals surface area contributed by atoms with E-state index in [1.54, 1.807) is 0 Å². The van der Waals surface area contributed by atoms with Gasteiger partial charge in [-0.05, 0) is 49.1 Å². The summed E-state index contributed by atoms with van der Waals surface area (Å²) in [5.74, 6) is 2.69. The summed E-state index contributed by atoms with van der Waals surface area (Å²) in [6, 6.07) is 13.9. The van der Waals surface area contributed by atoms with Crippen LogP contribution < -0.4 is 14.8 Å². The van der Waals surface area contributed by atoms with Gasteiger partial charge in [0.15, 0.2) is 16.7 Å². The van der Waals surface area contributed by atoms with Gasteiger partial charge in [0.2, 0.25) is 5.91 Å². The number of ether oxygens (including phenoxy) is 2. The van der Waals surface area contributed by atoms with E-state index in [4.69, 9.17) is 9.47 Å². The maximum absolute atomic E-state index is 12.9. The number of aromatic nitrogens is 3. The molecule has 1 atom stereocenters. The van der Waals surface area contributed by atoms with Crippen LogP contribution in [0.2, 0.25) is 0 Å². The summed E-state index contributed by atoms with van der Waals surface area (Å²) >= 11 is 1.39. The van der Waals surface area contributed by atoms with E-state index in [1.807, 2.05) is 47.9 Å². The summed E-state index contributed by atoms with van der Waals surface area (Å²) in [7, 11) is 0. The average molecular weight is 467 g/mol. The topological polar surface area (TPSA) is 78.3 Å². The molecule has 7 nitrogen and oxygen atoms in total. The summed E-state index contributed by atoms with van der Waals surface area (Å²) in [4.78, 5) is 12.9. The molecule has 1 aliphatic heterocycles. The Kier molecular flexibility index (Phi) is 7.23. The normalized spacial score (nSPS) is 14.1. The van der Waals surface area contributed by atoms with Crippen LogP contribution in [0.25, 0.3) is 5.69 Å². The molecule has 0 fully saturated rings. The van der Waals surface area contributed by atoms with Crippen LogP contribution in [-0.4, -0.2) is 39.6 Å². The number of fused-ring (bicyclic) bond motifs is 1. The first-order chi connectivity index (χ1) is 15.9. The second-order valence-corrected chi connectivity index (χ2v) is 9.43. The molecule has 1 aromatic heterocycles. The molecule has 1 aliphatic rings. The van der Waals surface area contributed by atoms with Crippen LogP contribution >= 0.6 is 11.8 Å². The van der Waals surface area contributed by atoms with Crippen molar-refractivity contribution < 1.29 is 14.3 Å². The van der Waals surface area contributed by atoms with Crippen molar-refractivity contribution in [1.82, 2.24) is 20.1 Å². The molecule has 1 N–H and O–H groups in total. The third-order valence-corrected chi connectivity index (χ3v) is 6.53. The van der Waals surface area contributed by atoms with Crippen LogP contribution in [0, 0.1) is 19.8 Å². The summed E-state index contributed by atoms with van der Waals surface area (Å²) < 4.78 is 13.6. The van der Waals surface area contributed by atoms with E-state index in [1.165, 1.54) is 11.8 Å². The Morgan fingerprint density at radius 3 is 2.61 bits per heavy atom. The number of thioether (sulfide) groups is 1. The molecule has 0 bridgehead atoms. The molecule has 8 heteroatoms. The lowest BCUT2D eigenvalue weighted by atomic mass is 9.95. The van der Waals surface area contributed by atoms with Crippen molar-refractivity contribution in [3.05, 3.63) is 59.4 Å². The number of nitrogens with zero attached hydrogens (tertiary/aromatic N) is 3. The minimum absolute atomic E-state index is 0.0530. The monoisotopic (exact) mass is 466 g/mol. The van der Waals surface area contributed by atoms with E-state index < -0.39 is 0 Å². The van der Waals surface area contributed by atoms with Gasteiger partial charge in [0.1, 0.15) is 5.82 Å². The Hall–Kier alpha value is -3.00. The van der Waals surface area contributed by atoms with E-state index >= 15 is 0 Å². The Morgan fingerprint density at radius 2 is 1.85 bits per heavy atom. The number of rotatable bonds is 7. The Bertz CT molecular complexity index is 1130. The average Bonchev–Trinajstić information content (AvgIpc) is 3.01. The van der Waals surface area contributed by atoms with Crippen LogP contribution in [0.1, 0.15) is 43.3 Å². The number of para-hydroxylation sites is 1. The fourth-order valence-corrected chi connectivity index (χ4v) is 4.68. The highest BCUT2D eigenvalue weighted by atomic mass is 32.2. The fraction of sp³-hybridized carbons (Fsp3) is 0.400. The van der Waals surface area contributed by atoms with Crippen molar-refractivity contribution in [2.24, 2.45) is 5.92 Å². The molecule has 0 radical (unpaired) electrons. The molecule has 0 spiro atoms. The molecule has 33 heavy (non-hydrogen) atoms. The smallest absolute Gasteiger partial charge is 0.230 e. The molecule has 0 aliphatic carbocycles. The molecule has 174 valence electrons. The van der Waals surface area contributed by atoms with E-state index in [9.17, 15) is 4.79 Å². The Labute approximate surface area is 198 Å². The van der Waals surface area contributed by atoms with Gasteiger partial charge in [-0.1, -0.05) is 49.9 Å². The highest BCUT2D eigenvalue weighted by molar-refractivity contribution is 7.99. The van der Waals surface area contributed by atoms with E-state index in [2.05, 4.69) is 42.4 Å². The van der Waals surface area contributed by atoms with Gasteiger partial charge in [0, 0.05) is 6.42 Å². The molecule has 4 rings (SSSR count). The third-order valence-electron chi connectivity index (χ3n) is 5.60. The van der Waals surface area contributed by atoms with Gasteiger partial charge in [0.05, 0.1) is 30.7 Å². The van der Waals surface area contributed by atoms with E-state index in [0.717, 1.165) is 40.6 Å². The molecular formula is C25H30N4O3S. The summed E-state index contributed by atoms with van der Waals surface area (Å²) in [6.45, 7) is 9.45. The van der Waals surface area contributed by atoms with E-state index in [0.29, 0.717) is 18.4 Å². The standard InChI is InChI=1S/C25H30N4O3S/c1-16(2)24(19-10-11-21-22(14-19)32-13-7-12-31-21)26-23(30)15-33-25-28-27-18(4)29(25)20-9-6-5-8-17(20)3/h5-6,8-11,14,16,24H,7,12-13,15H2,1-4H3,(H,26,30)/t24-/m1/s1. The van der Waals surface area contributed by atoms with Crippen LogP contribution in [0.5, 0.6) is 11.5 Å². The number of benzene rings is 2. The van der Waals surface area contributed by atoms with Gasteiger partial charge in [-0.2, -0.15) is 0 Å². The van der Waals surface area contributed by atoms with Crippen LogP contribution in [0.4, 0.5) is 0 Å². The minimum Gasteiger partial charge on any atom is -0.490 e. The molecule has 0 unspecified atom stereocenters. The van der Waals surface area contributed by atoms with Crippen molar-refractivity contribution in [3.8, 4) is 17.2 Å². The number of hydrogen-bond donors (Lipinski definition) is 1. The largest absolute Gasteiger partial charge is 0.490 e. The third kappa shape index (κ3) is 5.33. The Morgan fingerprint density at radius 1 is 1.09 bits per heavy atom. The first kappa shape index (κ1) is 23.2. The molecule has 3 aromatic rings. The van der Waals surface area contributed by atoms with Crippen molar-refractivity contribution in [2.45, 2.75) is 45.3 Å². The van der Waals surface area contributed by atoms with E-state index in [-0.39, 0.29) is 23.6 Å². The lowest BCUT2D eigenvalue weighted by Gasteiger charge is -2.24. The summed E-state index contributed by atoms with van der Waals surface area (Å²) in [5, 5.41) is 12.4. The zero-order valence-electron chi connectivity index (χ0n) is 19.5. The predicted octanol–water partition coefficient (Wildman–Crippen LogP) is 4.65. The lowest BCUT2D eigenvalue weighted by molar-refractivity contribution is -0.119. The fourth-order valence-electron chi connectivity index (χ4n) is 3.88. The number of carbonyl (C=O) groups is 1. The van der Waals surface area contributed by atoms with Gasteiger partial charge in [-0.15, -0.1) is 10.2 Å². The van der Waals surface area contributed by atoms with Gasteiger partial charge in [-0.25, -0.2) is 0 Å². The highest BCUT2D eigenvalue weighted by Crippen LogP contribution is 2.34. The number of amides is 1. The van der Waals surface area contributed by atoms with Crippen molar-refractivity contribution in [2.75, 3.05) is 19.0 Å². The second kappa shape index (κ2) is 10.3. The van der Waals surface area contributed by atoms with Crippen LogP contribution in [0.3, 0.4) is 0 Å². The highest BCUT2D eigenvalue weighted by Gasteiger charge is 2.22. The first-order valence-corrected chi connectivity index (χ1v) is 12.2. The molecule has 0 saturated carbocycles. The SMILES string of the molecule is Cc1ccccc1-n1c(C)nnc1SCC(=O)N[C@@H](c1ccc2c(c1)OCCCO2)C(C)C. The zero-order valence-corrected chi connectivity index (χ0v) is 20.3. The molecule has 2 aromatic carbocycles. The van der Waals surface area contributed by atoms with Crippen LogP contribution in [0.15, 0.2) is 47.6 Å². The van der Waals surface area contributed by atoms with Crippen LogP contribution in [-0.2, 0) is 4.79 Å².